The Bertz CT molecular complexity index is 248. The summed E-state index contributed by atoms with van der Waals surface area (Å²) in [6, 6.07) is 10.8. The summed E-state index contributed by atoms with van der Waals surface area (Å²) in [7, 11) is 0. The Morgan fingerprint density at radius 3 is 1.78 bits per heavy atom. The lowest BCUT2D eigenvalue weighted by atomic mass is 10.2. The quantitative estimate of drug-likeness (QED) is 0.703. The molecule has 1 aromatic rings. The average molecular weight is 249 g/mol. The number of hydrogen-bond donors (Lipinski definition) is 0. The highest BCUT2D eigenvalue weighted by Gasteiger charge is 2.08. The molecule has 0 aromatic heterocycles. The fourth-order valence-electron chi connectivity index (χ4n) is 2.14. The van der Waals surface area contributed by atoms with Gasteiger partial charge >= 0.3 is 0 Å². The predicted octanol–water partition coefficient (Wildman–Crippen LogP) is 5.12. The largest absolute Gasteiger partial charge is 0.299 e. The number of benzene rings is 1. The van der Waals surface area contributed by atoms with Gasteiger partial charge in [0.1, 0.15) is 0 Å². The van der Waals surface area contributed by atoms with Crippen molar-refractivity contribution in [3.8, 4) is 0 Å². The lowest BCUT2D eigenvalue weighted by Gasteiger charge is -2.19. The minimum atomic E-state index is 1.14. The van der Waals surface area contributed by atoms with E-state index in [2.05, 4.69) is 35.2 Å². The van der Waals surface area contributed by atoms with Crippen LogP contribution in [0.25, 0.3) is 0 Å². The van der Waals surface area contributed by atoms with Crippen molar-refractivity contribution in [3.63, 3.8) is 0 Å². The zero-order valence-electron chi connectivity index (χ0n) is 12.8. The summed E-state index contributed by atoms with van der Waals surface area (Å²) in [6.45, 7) is 11.7. The van der Waals surface area contributed by atoms with E-state index in [9.17, 15) is 0 Å². The van der Waals surface area contributed by atoms with E-state index in [1.165, 1.54) is 44.3 Å². The smallest absolute Gasteiger partial charge is 0.0233 e. The van der Waals surface area contributed by atoms with Gasteiger partial charge in [0.2, 0.25) is 0 Å². The molecule has 0 radical (unpaired) electrons. The molecule has 2 rings (SSSR count). The van der Waals surface area contributed by atoms with Crippen LogP contribution in [0.15, 0.2) is 30.3 Å². The van der Waals surface area contributed by atoms with E-state index >= 15 is 0 Å². The Balaban J connectivity index is 0.000000659. The molecule has 1 aliphatic rings. The first-order chi connectivity index (χ1) is 8.95. The SMILES string of the molecule is CC.CC.c1ccc(CN2CCCCCC2)cc1. The monoisotopic (exact) mass is 249 g/mol. The molecule has 1 heteroatoms. The Kier molecular flexibility index (Phi) is 12.1. The summed E-state index contributed by atoms with van der Waals surface area (Å²) in [5, 5.41) is 0. The first-order valence-corrected chi connectivity index (χ1v) is 7.71. The topological polar surface area (TPSA) is 3.24 Å². The average Bonchev–Trinajstić information content (AvgIpc) is 2.73. The lowest BCUT2D eigenvalue weighted by Crippen LogP contribution is -2.23. The molecule has 0 amide bonds. The van der Waals surface area contributed by atoms with Gasteiger partial charge in [0.15, 0.2) is 0 Å². The number of likely N-dealkylation sites (tertiary alicyclic amines) is 1. The summed E-state index contributed by atoms with van der Waals surface area (Å²) < 4.78 is 0. The van der Waals surface area contributed by atoms with E-state index in [4.69, 9.17) is 0 Å². The Hall–Kier alpha value is -0.820. The van der Waals surface area contributed by atoms with Crippen LogP contribution in [0.4, 0.5) is 0 Å². The van der Waals surface area contributed by atoms with Gasteiger partial charge in [-0.05, 0) is 31.5 Å². The fourth-order valence-corrected chi connectivity index (χ4v) is 2.14. The van der Waals surface area contributed by atoms with Crippen LogP contribution in [0.5, 0.6) is 0 Å². The van der Waals surface area contributed by atoms with E-state index in [1.54, 1.807) is 0 Å². The van der Waals surface area contributed by atoms with Crippen LogP contribution in [-0.4, -0.2) is 18.0 Å². The summed E-state index contributed by atoms with van der Waals surface area (Å²) in [6.07, 6.45) is 5.61. The zero-order chi connectivity index (χ0) is 13.6. The predicted molar refractivity (Wildman–Crippen MR) is 82.9 cm³/mol. The summed E-state index contributed by atoms with van der Waals surface area (Å²) >= 11 is 0. The molecule has 1 heterocycles. The maximum atomic E-state index is 2.59. The molecular weight excluding hydrogens is 218 g/mol. The van der Waals surface area contributed by atoms with Crippen LogP contribution in [0, 0.1) is 0 Å². The van der Waals surface area contributed by atoms with E-state index in [0.717, 1.165) is 6.54 Å². The van der Waals surface area contributed by atoms with Crippen LogP contribution < -0.4 is 0 Å². The Morgan fingerprint density at radius 1 is 0.778 bits per heavy atom. The molecule has 104 valence electrons. The van der Waals surface area contributed by atoms with Crippen LogP contribution in [-0.2, 0) is 6.54 Å². The van der Waals surface area contributed by atoms with Gasteiger partial charge in [-0.1, -0.05) is 70.9 Å². The third kappa shape index (κ3) is 7.50. The molecule has 18 heavy (non-hydrogen) atoms. The van der Waals surface area contributed by atoms with Crippen LogP contribution >= 0.6 is 0 Å². The lowest BCUT2D eigenvalue weighted by molar-refractivity contribution is 0.277. The first-order valence-electron chi connectivity index (χ1n) is 7.71. The van der Waals surface area contributed by atoms with Gasteiger partial charge in [0, 0.05) is 6.54 Å². The normalized spacial score (nSPS) is 15.6. The number of hydrogen-bond acceptors (Lipinski definition) is 1. The van der Waals surface area contributed by atoms with Gasteiger partial charge in [-0.3, -0.25) is 4.90 Å². The minimum Gasteiger partial charge on any atom is -0.299 e. The Morgan fingerprint density at radius 2 is 1.28 bits per heavy atom. The van der Waals surface area contributed by atoms with Crippen LogP contribution in [0.1, 0.15) is 58.9 Å². The third-order valence-corrected chi connectivity index (χ3v) is 2.95. The van der Waals surface area contributed by atoms with Crippen molar-refractivity contribution < 1.29 is 0 Å². The highest BCUT2D eigenvalue weighted by Crippen LogP contribution is 2.12. The van der Waals surface area contributed by atoms with Gasteiger partial charge in [-0.2, -0.15) is 0 Å². The summed E-state index contributed by atoms with van der Waals surface area (Å²) in [5.74, 6) is 0. The van der Waals surface area contributed by atoms with E-state index in [-0.39, 0.29) is 0 Å². The molecule has 1 saturated heterocycles. The molecule has 0 atom stereocenters. The van der Waals surface area contributed by atoms with Gasteiger partial charge in [0.25, 0.3) is 0 Å². The van der Waals surface area contributed by atoms with E-state index in [1.807, 2.05) is 27.7 Å². The molecule has 0 spiro atoms. The molecule has 0 aliphatic carbocycles. The summed E-state index contributed by atoms with van der Waals surface area (Å²) in [4.78, 5) is 2.59. The second kappa shape index (κ2) is 12.6. The second-order valence-corrected chi connectivity index (χ2v) is 4.18. The fraction of sp³-hybridized carbons (Fsp3) is 0.647. The number of nitrogens with zero attached hydrogens (tertiary/aromatic N) is 1. The van der Waals surface area contributed by atoms with Gasteiger partial charge in [0.05, 0.1) is 0 Å². The van der Waals surface area contributed by atoms with Crippen molar-refractivity contribution in [1.29, 1.82) is 0 Å². The molecule has 1 nitrogen and oxygen atoms in total. The van der Waals surface area contributed by atoms with Gasteiger partial charge in [-0.25, -0.2) is 0 Å². The molecule has 1 aromatic carbocycles. The highest BCUT2D eigenvalue weighted by atomic mass is 15.1. The molecule has 0 bridgehead atoms. The van der Waals surface area contributed by atoms with Crippen molar-refractivity contribution in [1.82, 2.24) is 4.90 Å². The standard InChI is InChI=1S/C13H19N.2C2H6/c1-2-7-11-14(10-6-1)12-13-8-4-3-5-9-13;2*1-2/h3-5,8-9H,1-2,6-7,10-12H2;2*1-2H3. The highest BCUT2D eigenvalue weighted by molar-refractivity contribution is 5.14. The van der Waals surface area contributed by atoms with Crippen molar-refractivity contribution in [2.75, 3.05) is 13.1 Å². The molecule has 0 N–H and O–H groups in total. The van der Waals surface area contributed by atoms with Crippen molar-refractivity contribution >= 4 is 0 Å². The van der Waals surface area contributed by atoms with Crippen LogP contribution in [0.2, 0.25) is 0 Å². The molecule has 1 aliphatic heterocycles. The Labute approximate surface area is 114 Å². The maximum Gasteiger partial charge on any atom is 0.0233 e. The van der Waals surface area contributed by atoms with Gasteiger partial charge in [-0.15, -0.1) is 0 Å². The van der Waals surface area contributed by atoms with E-state index < -0.39 is 0 Å². The molecule has 1 fully saturated rings. The third-order valence-electron chi connectivity index (χ3n) is 2.95. The minimum absolute atomic E-state index is 1.14. The molecule has 0 unspecified atom stereocenters. The maximum absolute atomic E-state index is 2.59. The van der Waals surface area contributed by atoms with E-state index in [0.29, 0.717) is 0 Å². The zero-order valence-corrected chi connectivity index (χ0v) is 12.8. The van der Waals surface area contributed by atoms with Crippen molar-refractivity contribution in [3.05, 3.63) is 35.9 Å². The van der Waals surface area contributed by atoms with Gasteiger partial charge < -0.3 is 0 Å². The first kappa shape index (κ1) is 17.2. The number of rotatable bonds is 2. The second-order valence-electron chi connectivity index (χ2n) is 4.18. The summed E-state index contributed by atoms with van der Waals surface area (Å²) in [5.41, 5.74) is 1.45. The van der Waals surface area contributed by atoms with Crippen LogP contribution in [0.3, 0.4) is 0 Å². The van der Waals surface area contributed by atoms with Crippen molar-refractivity contribution in [2.24, 2.45) is 0 Å². The molecular formula is C17H31N. The van der Waals surface area contributed by atoms with Crippen molar-refractivity contribution in [2.45, 2.75) is 59.9 Å². The molecule has 0 saturated carbocycles.